The van der Waals surface area contributed by atoms with E-state index in [1.54, 1.807) is 37.3 Å². The molecule has 2 unspecified atom stereocenters. The quantitative estimate of drug-likeness (QED) is 0.720. The number of benzene rings is 1. The number of carbonyl (C=O) groups excluding carboxylic acids is 1. The first-order valence-corrected chi connectivity index (χ1v) is 11.1. The molecule has 0 spiro atoms. The van der Waals surface area contributed by atoms with Crippen molar-refractivity contribution < 1.29 is 13.2 Å². The normalized spacial score (nSPS) is 19.6. The average molecular weight is 407 g/mol. The van der Waals surface area contributed by atoms with Crippen LogP contribution in [0.4, 0.5) is 0 Å². The molecule has 1 aromatic rings. The van der Waals surface area contributed by atoms with E-state index in [0.717, 1.165) is 0 Å². The number of likely N-dealkylation sites (tertiary alicyclic amines) is 1. The summed E-state index contributed by atoms with van der Waals surface area (Å²) >= 11 is 0. The fourth-order valence-electron chi connectivity index (χ4n) is 3.12. The summed E-state index contributed by atoms with van der Waals surface area (Å²) in [6, 6.07) is 9.98. The maximum absolute atomic E-state index is 12.6. The van der Waals surface area contributed by atoms with Crippen LogP contribution < -0.4 is 10.0 Å². The molecule has 1 heterocycles. The van der Waals surface area contributed by atoms with Crippen molar-refractivity contribution in [3.05, 3.63) is 30.3 Å². The fourth-order valence-corrected chi connectivity index (χ4v) is 4.45. The minimum absolute atomic E-state index is 0.00761. The molecule has 1 saturated heterocycles. The maximum atomic E-state index is 12.6. The third kappa shape index (κ3) is 5.31. The van der Waals surface area contributed by atoms with Crippen LogP contribution in [0.1, 0.15) is 40.5 Å². The molecule has 2 atom stereocenters. The van der Waals surface area contributed by atoms with Gasteiger partial charge in [-0.3, -0.25) is 9.69 Å². The van der Waals surface area contributed by atoms with Gasteiger partial charge in [-0.15, -0.1) is 0 Å². The Bertz CT molecular complexity index is 812. The summed E-state index contributed by atoms with van der Waals surface area (Å²) in [5.41, 5.74) is -0.908. The topological polar surface area (TPSA) is 102 Å². The van der Waals surface area contributed by atoms with E-state index in [0.29, 0.717) is 25.9 Å². The number of rotatable bonds is 7. The molecule has 0 aliphatic carbocycles. The molecule has 0 saturated carbocycles. The maximum Gasteiger partial charge on any atom is 0.240 e. The minimum Gasteiger partial charge on any atom is -0.336 e. The highest BCUT2D eigenvalue weighted by Crippen LogP contribution is 2.19. The van der Waals surface area contributed by atoms with Crippen molar-refractivity contribution >= 4 is 15.9 Å². The van der Waals surface area contributed by atoms with Crippen molar-refractivity contribution in [1.82, 2.24) is 14.9 Å². The molecule has 7 nitrogen and oxygen atoms in total. The molecule has 8 heteroatoms. The Balaban J connectivity index is 1.91. The lowest BCUT2D eigenvalue weighted by atomic mass is 9.89. The van der Waals surface area contributed by atoms with Gasteiger partial charge in [-0.05, 0) is 44.7 Å². The van der Waals surface area contributed by atoms with Gasteiger partial charge >= 0.3 is 0 Å². The molecule has 0 aromatic heterocycles. The van der Waals surface area contributed by atoms with Crippen LogP contribution in [0.3, 0.4) is 0 Å². The van der Waals surface area contributed by atoms with E-state index in [9.17, 15) is 18.5 Å². The number of amides is 1. The number of hydrogen-bond donors (Lipinski definition) is 2. The molecule has 154 valence electrons. The van der Waals surface area contributed by atoms with Crippen LogP contribution in [0.2, 0.25) is 0 Å². The molecule has 2 N–H and O–H groups in total. The lowest BCUT2D eigenvalue weighted by molar-refractivity contribution is -0.128. The van der Waals surface area contributed by atoms with E-state index in [2.05, 4.69) is 16.1 Å². The molecule has 0 bridgehead atoms. The Morgan fingerprint density at radius 3 is 2.29 bits per heavy atom. The number of nitrogens with zero attached hydrogens (tertiary/aromatic N) is 2. The first-order valence-electron chi connectivity index (χ1n) is 9.64. The smallest absolute Gasteiger partial charge is 0.240 e. The SMILES string of the molecule is CC(C(=O)NC(C)(C#N)C(C)C)N1CCC(NS(=O)(=O)c2ccccc2)CC1. The van der Waals surface area contributed by atoms with Crippen molar-refractivity contribution in [2.75, 3.05) is 13.1 Å². The van der Waals surface area contributed by atoms with Gasteiger partial charge in [0.25, 0.3) is 0 Å². The van der Waals surface area contributed by atoms with Crippen LogP contribution in [0.25, 0.3) is 0 Å². The summed E-state index contributed by atoms with van der Waals surface area (Å²) in [6.45, 7) is 8.58. The Labute approximate surface area is 168 Å². The molecule has 1 fully saturated rings. The van der Waals surface area contributed by atoms with Crippen molar-refractivity contribution in [3.63, 3.8) is 0 Å². The van der Waals surface area contributed by atoms with Gasteiger partial charge in [0.1, 0.15) is 5.54 Å². The molecule has 1 aromatic carbocycles. The first-order chi connectivity index (χ1) is 13.1. The second kappa shape index (κ2) is 9.03. The zero-order valence-corrected chi connectivity index (χ0v) is 17.8. The summed E-state index contributed by atoms with van der Waals surface area (Å²) in [4.78, 5) is 14.9. The average Bonchev–Trinajstić information content (AvgIpc) is 2.68. The molecule has 1 aliphatic rings. The number of hydrogen-bond acceptors (Lipinski definition) is 5. The van der Waals surface area contributed by atoms with E-state index < -0.39 is 15.6 Å². The zero-order valence-electron chi connectivity index (χ0n) is 17.0. The van der Waals surface area contributed by atoms with E-state index in [1.165, 1.54) is 0 Å². The van der Waals surface area contributed by atoms with Gasteiger partial charge in [-0.2, -0.15) is 5.26 Å². The standard InChI is InChI=1S/C20H30N4O3S/c1-15(2)20(4,14-21)22-19(25)16(3)24-12-10-17(11-13-24)23-28(26,27)18-8-6-5-7-9-18/h5-9,15-17,23H,10-13H2,1-4H3,(H,22,25). The van der Waals surface area contributed by atoms with E-state index in [-0.39, 0.29) is 28.8 Å². The highest BCUT2D eigenvalue weighted by Gasteiger charge is 2.34. The van der Waals surface area contributed by atoms with Crippen LogP contribution >= 0.6 is 0 Å². The molecular weight excluding hydrogens is 376 g/mol. The minimum atomic E-state index is -3.53. The number of nitrogens with one attached hydrogen (secondary N) is 2. The second-order valence-corrected chi connectivity index (χ2v) is 9.59. The van der Waals surface area contributed by atoms with Gasteiger partial charge in [-0.25, -0.2) is 13.1 Å². The monoisotopic (exact) mass is 406 g/mol. The van der Waals surface area contributed by atoms with Crippen molar-refractivity contribution in [1.29, 1.82) is 5.26 Å². The zero-order chi connectivity index (χ0) is 20.9. The number of piperidine rings is 1. The molecule has 0 radical (unpaired) electrons. The summed E-state index contributed by atoms with van der Waals surface area (Å²) in [5.74, 6) is -0.187. The number of sulfonamides is 1. The van der Waals surface area contributed by atoms with Crippen molar-refractivity contribution in [3.8, 4) is 6.07 Å². The van der Waals surface area contributed by atoms with Crippen molar-refractivity contribution in [2.45, 2.75) is 63.1 Å². The second-order valence-electron chi connectivity index (χ2n) is 7.88. The molecule has 28 heavy (non-hydrogen) atoms. The third-order valence-corrected chi connectivity index (χ3v) is 7.14. The van der Waals surface area contributed by atoms with E-state index in [1.807, 2.05) is 25.7 Å². The predicted octanol–water partition coefficient (Wildman–Crippen LogP) is 1.87. The largest absolute Gasteiger partial charge is 0.336 e. The first kappa shape index (κ1) is 22.3. The Hall–Kier alpha value is -1.95. The Kier molecular flexibility index (Phi) is 7.21. The summed E-state index contributed by atoms with van der Waals surface area (Å²) < 4.78 is 27.7. The molecule has 1 amide bonds. The van der Waals surface area contributed by atoms with E-state index >= 15 is 0 Å². The van der Waals surface area contributed by atoms with E-state index in [4.69, 9.17) is 0 Å². The molecule has 2 rings (SSSR count). The number of carbonyl (C=O) groups is 1. The van der Waals surface area contributed by atoms with Gasteiger partial charge < -0.3 is 5.32 Å². The lowest BCUT2D eigenvalue weighted by Crippen LogP contribution is -2.57. The van der Waals surface area contributed by atoms with Gasteiger partial charge in [0, 0.05) is 19.1 Å². The predicted molar refractivity (Wildman–Crippen MR) is 108 cm³/mol. The third-order valence-electron chi connectivity index (χ3n) is 5.60. The van der Waals surface area contributed by atoms with Gasteiger partial charge in [0.15, 0.2) is 0 Å². The summed E-state index contributed by atoms with van der Waals surface area (Å²) in [6.07, 6.45) is 1.26. The summed E-state index contributed by atoms with van der Waals surface area (Å²) in [7, 11) is -3.53. The van der Waals surface area contributed by atoms with Crippen LogP contribution in [-0.4, -0.2) is 49.9 Å². The fraction of sp³-hybridized carbons (Fsp3) is 0.600. The molecule has 1 aliphatic heterocycles. The van der Waals surface area contributed by atoms with Gasteiger partial charge in [0.2, 0.25) is 15.9 Å². The van der Waals surface area contributed by atoms with Crippen LogP contribution in [0, 0.1) is 17.2 Å². The Morgan fingerprint density at radius 2 is 1.79 bits per heavy atom. The van der Waals surface area contributed by atoms with Crippen LogP contribution in [0.15, 0.2) is 35.2 Å². The van der Waals surface area contributed by atoms with Gasteiger partial charge in [-0.1, -0.05) is 32.0 Å². The van der Waals surface area contributed by atoms with Crippen LogP contribution in [-0.2, 0) is 14.8 Å². The number of nitriles is 1. The van der Waals surface area contributed by atoms with Crippen molar-refractivity contribution in [2.24, 2.45) is 5.92 Å². The summed E-state index contributed by atoms with van der Waals surface area (Å²) in [5, 5.41) is 12.2. The lowest BCUT2D eigenvalue weighted by Gasteiger charge is -2.37. The van der Waals surface area contributed by atoms with Crippen LogP contribution in [0.5, 0.6) is 0 Å². The van der Waals surface area contributed by atoms with Gasteiger partial charge in [0.05, 0.1) is 17.0 Å². The Morgan fingerprint density at radius 1 is 1.21 bits per heavy atom. The molecular formula is C20H30N4O3S. The highest BCUT2D eigenvalue weighted by atomic mass is 32.2. The highest BCUT2D eigenvalue weighted by molar-refractivity contribution is 7.89.